The molecule has 0 saturated carbocycles. The van der Waals surface area contributed by atoms with Crippen molar-refractivity contribution in [2.45, 2.75) is 26.3 Å². The number of nitrogens with one attached hydrogen (secondary N) is 1. The van der Waals surface area contributed by atoms with Gasteiger partial charge in [0.1, 0.15) is 0 Å². The van der Waals surface area contributed by atoms with E-state index in [9.17, 15) is 0 Å². The highest BCUT2D eigenvalue weighted by molar-refractivity contribution is 5.08. The second-order valence-electron chi connectivity index (χ2n) is 1.78. The summed E-state index contributed by atoms with van der Waals surface area (Å²) < 4.78 is 0. The van der Waals surface area contributed by atoms with Crippen molar-refractivity contribution >= 4 is 0 Å². The first kappa shape index (κ1) is 8.52. The zero-order valence-electron chi connectivity index (χ0n) is 6.20. The first-order valence-electron chi connectivity index (χ1n) is 3.36. The normalized spacial score (nSPS) is 11.9. The lowest BCUT2D eigenvalue weighted by Gasteiger charge is -2.01. The van der Waals surface area contributed by atoms with Crippen LogP contribution in [0.4, 0.5) is 0 Å². The standard InChI is InChI=1S/C8H14N/c1-4-6-7-8(3)9-5-2/h8-9H,3-5H2,1-2H3. The summed E-state index contributed by atoms with van der Waals surface area (Å²) in [6.07, 6.45) is 0.914. The molecule has 0 aromatic heterocycles. The Morgan fingerprint density at radius 1 is 1.56 bits per heavy atom. The van der Waals surface area contributed by atoms with Gasteiger partial charge in [0.2, 0.25) is 0 Å². The molecule has 1 unspecified atom stereocenters. The third-order valence-electron chi connectivity index (χ3n) is 0.904. The van der Waals surface area contributed by atoms with E-state index in [1.165, 1.54) is 0 Å². The molecular weight excluding hydrogens is 110 g/mol. The van der Waals surface area contributed by atoms with Crippen molar-refractivity contribution in [1.29, 1.82) is 0 Å². The molecule has 0 aliphatic carbocycles. The Morgan fingerprint density at radius 3 is 2.67 bits per heavy atom. The van der Waals surface area contributed by atoms with Crippen LogP contribution in [-0.2, 0) is 0 Å². The summed E-state index contributed by atoms with van der Waals surface area (Å²) in [6.45, 7) is 8.80. The monoisotopic (exact) mass is 124 g/mol. The Hall–Kier alpha value is -0.480. The molecule has 1 atom stereocenters. The van der Waals surface area contributed by atoms with Gasteiger partial charge in [0, 0.05) is 6.42 Å². The second kappa shape index (κ2) is 5.65. The van der Waals surface area contributed by atoms with Gasteiger partial charge in [-0.25, -0.2) is 0 Å². The van der Waals surface area contributed by atoms with Crippen LogP contribution in [-0.4, -0.2) is 12.6 Å². The quantitative estimate of drug-likeness (QED) is 0.546. The molecule has 0 spiro atoms. The third kappa shape index (κ3) is 5.39. The number of hydrogen-bond acceptors (Lipinski definition) is 1. The summed E-state index contributed by atoms with van der Waals surface area (Å²) in [5.74, 6) is 5.92. The van der Waals surface area contributed by atoms with Gasteiger partial charge >= 0.3 is 0 Å². The van der Waals surface area contributed by atoms with Gasteiger partial charge in [0.05, 0.1) is 6.04 Å². The van der Waals surface area contributed by atoms with Gasteiger partial charge in [-0.1, -0.05) is 19.8 Å². The van der Waals surface area contributed by atoms with E-state index in [0.29, 0.717) is 0 Å². The van der Waals surface area contributed by atoms with Gasteiger partial charge in [0.15, 0.2) is 0 Å². The van der Waals surface area contributed by atoms with Crippen molar-refractivity contribution in [1.82, 2.24) is 5.32 Å². The molecule has 1 heteroatoms. The minimum atomic E-state index is 0.106. The van der Waals surface area contributed by atoms with E-state index in [1.807, 2.05) is 13.8 Å². The van der Waals surface area contributed by atoms with Crippen molar-refractivity contribution in [2.24, 2.45) is 0 Å². The molecule has 0 rings (SSSR count). The molecule has 0 fully saturated rings. The lowest BCUT2D eigenvalue weighted by Crippen LogP contribution is -2.23. The van der Waals surface area contributed by atoms with Gasteiger partial charge < -0.3 is 5.32 Å². The van der Waals surface area contributed by atoms with Gasteiger partial charge in [0.25, 0.3) is 0 Å². The number of rotatable bonds is 2. The summed E-state index contributed by atoms with van der Waals surface area (Å²) in [4.78, 5) is 0. The van der Waals surface area contributed by atoms with Gasteiger partial charge in [-0.2, -0.15) is 0 Å². The lowest BCUT2D eigenvalue weighted by atomic mass is 10.3. The van der Waals surface area contributed by atoms with Crippen LogP contribution in [0.15, 0.2) is 0 Å². The van der Waals surface area contributed by atoms with Crippen LogP contribution in [0.1, 0.15) is 20.3 Å². The van der Waals surface area contributed by atoms with E-state index in [-0.39, 0.29) is 6.04 Å². The molecule has 1 radical (unpaired) electrons. The van der Waals surface area contributed by atoms with Crippen LogP contribution in [0.2, 0.25) is 0 Å². The Morgan fingerprint density at radius 2 is 2.22 bits per heavy atom. The fraction of sp³-hybridized carbons (Fsp3) is 0.625. The first-order valence-corrected chi connectivity index (χ1v) is 3.36. The smallest absolute Gasteiger partial charge is 0.0690 e. The topological polar surface area (TPSA) is 12.0 Å². The van der Waals surface area contributed by atoms with Crippen LogP contribution in [0.25, 0.3) is 0 Å². The van der Waals surface area contributed by atoms with Gasteiger partial charge in [-0.05, 0) is 13.5 Å². The maximum atomic E-state index is 3.78. The molecule has 51 valence electrons. The fourth-order valence-electron chi connectivity index (χ4n) is 0.523. The SMILES string of the molecule is [CH2]C(C#CCC)NCC. The fourth-order valence-corrected chi connectivity index (χ4v) is 0.523. The lowest BCUT2D eigenvalue weighted by molar-refractivity contribution is 0.719. The summed E-state index contributed by atoms with van der Waals surface area (Å²) in [5, 5.41) is 3.10. The molecule has 0 amide bonds. The predicted octanol–water partition coefficient (Wildman–Crippen LogP) is 1.21. The maximum Gasteiger partial charge on any atom is 0.0690 e. The summed E-state index contributed by atoms with van der Waals surface area (Å²) in [7, 11) is 0. The molecule has 0 heterocycles. The van der Waals surface area contributed by atoms with Gasteiger partial charge in [-0.3, -0.25) is 0 Å². The van der Waals surface area contributed by atoms with E-state index in [1.54, 1.807) is 0 Å². The minimum absolute atomic E-state index is 0.106. The minimum Gasteiger partial charge on any atom is -0.304 e. The average molecular weight is 124 g/mol. The maximum absolute atomic E-state index is 3.78. The Balaban J connectivity index is 3.36. The first-order chi connectivity index (χ1) is 4.31. The average Bonchev–Trinajstić information content (AvgIpc) is 1.85. The molecule has 0 aromatic carbocycles. The predicted molar refractivity (Wildman–Crippen MR) is 40.9 cm³/mol. The van der Waals surface area contributed by atoms with E-state index in [0.717, 1.165) is 13.0 Å². The van der Waals surface area contributed by atoms with Crippen LogP contribution < -0.4 is 5.32 Å². The van der Waals surface area contributed by atoms with E-state index in [2.05, 4.69) is 24.1 Å². The Kier molecular flexibility index (Phi) is 5.35. The largest absolute Gasteiger partial charge is 0.304 e. The highest BCUT2D eigenvalue weighted by Crippen LogP contribution is 1.76. The molecular formula is C8H14N. The number of hydrogen-bond donors (Lipinski definition) is 1. The summed E-state index contributed by atoms with van der Waals surface area (Å²) in [6, 6.07) is 0.106. The van der Waals surface area contributed by atoms with Crippen LogP contribution in [0.5, 0.6) is 0 Å². The van der Waals surface area contributed by atoms with Crippen LogP contribution in [0.3, 0.4) is 0 Å². The molecule has 0 aliphatic rings. The second-order valence-corrected chi connectivity index (χ2v) is 1.78. The van der Waals surface area contributed by atoms with Gasteiger partial charge in [-0.15, -0.1) is 5.92 Å². The molecule has 1 N–H and O–H groups in total. The zero-order chi connectivity index (χ0) is 7.11. The van der Waals surface area contributed by atoms with E-state index < -0.39 is 0 Å². The van der Waals surface area contributed by atoms with Crippen molar-refractivity contribution in [3.8, 4) is 11.8 Å². The van der Waals surface area contributed by atoms with Crippen molar-refractivity contribution in [3.63, 3.8) is 0 Å². The van der Waals surface area contributed by atoms with Crippen molar-refractivity contribution in [2.75, 3.05) is 6.54 Å². The highest BCUT2D eigenvalue weighted by Gasteiger charge is 1.88. The van der Waals surface area contributed by atoms with Crippen LogP contribution in [0, 0.1) is 18.8 Å². The van der Waals surface area contributed by atoms with Crippen LogP contribution >= 0.6 is 0 Å². The molecule has 9 heavy (non-hydrogen) atoms. The summed E-state index contributed by atoms with van der Waals surface area (Å²) >= 11 is 0. The molecule has 0 bridgehead atoms. The van der Waals surface area contributed by atoms with E-state index in [4.69, 9.17) is 0 Å². The van der Waals surface area contributed by atoms with E-state index >= 15 is 0 Å². The molecule has 1 nitrogen and oxygen atoms in total. The molecule has 0 aliphatic heterocycles. The highest BCUT2D eigenvalue weighted by atomic mass is 14.9. The zero-order valence-corrected chi connectivity index (χ0v) is 6.20. The summed E-state index contributed by atoms with van der Waals surface area (Å²) in [5.41, 5.74) is 0. The molecule has 0 aromatic rings. The van der Waals surface area contributed by atoms with Crippen molar-refractivity contribution < 1.29 is 0 Å². The Labute approximate surface area is 57.8 Å². The Bertz CT molecular complexity index is 107. The molecule has 0 saturated heterocycles. The van der Waals surface area contributed by atoms with Crippen molar-refractivity contribution in [3.05, 3.63) is 6.92 Å². The third-order valence-corrected chi connectivity index (χ3v) is 0.904.